The standard InChI is InChI=1S/C12H9ClF2N2OS/c1-7(18)17(12-16-9(5-13)6-19-12)11-3-2-8(14)4-10(11)15/h2-4,6H,5H2,1H3. The van der Waals surface area contributed by atoms with E-state index in [2.05, 4.69) is 4.98 Å². The Kier molecular flexibility index (Phi) is 4.11. The van der Waals surface area contributed by atoms with E-state index in [0.717, 1.165) is 17.0 Å². The quantitative estimate of drug-likeness (QED) is 0.807. The molecule has 100 valence electrons. The lowest BCUT2D eigenvalue weighted by molar-refractivity contribution is -0.115. The summed E-state index contributed by atoms with van der Waals surface area (Å²) in [4.78, 5) is 16.9. The van der Waals surface area contributed by atoms with Crippen LogP contribution in [0.4, 0.5) is 19.6 Å². The lowest BCUT2D eigenvalue weighted by Crippen LogP contribution is -2.23. The molecule has 0 fully saturated rings. The van der Waals surface area contributed by atoms with Crippen LogP contribution in [0.3, 0.4) is 0 Å². The average molecular weight is 303 g/mol. The summed E-state index contributed by atoms with van der Waals surface area (Å²) in [6.07, 6.45) is 0. The number of carbonyl (C=O) groups excluding carboxylic acids is 1. The fourth-order valence-electron chi connectivity index (χ4n) is 1.53. The van der Waals surface area contributed by atoms with Crippen molar-refractivity contribution in [2.45, 2.75) is 12.8 Å². The van der Waals surface area contributed by atoms with Crippen molar-refractivity contribution in [3.05, 3.63) is 40.9 Å². The number of anilines is 2. The summed E-state index contributed by atoms with van der Waals surface area (Å²) in [6, 6.07) is 3.01. The van der Waals surface area contributed by atoms with Gasteiger partial charge in [0.25, 0.3) is 0 Å². The van der Waals surface area contributed by atoms with E-state index in [1.165, 1.54) is 24.3 Å². The summed E-state index contributed by atoms with van der Waals surface area (Å²) in [5, 5.41) is 1.98. The van der Waals surface area contributed by atoms with Gasteiger partial charge < -0.3 is 0 Å². The van der Waals surface area contributed by atoms with Crippen LogP contribution in [0.5, 0.6) is 0 Å². The van der Waals surface area contributed by atoms with Crippen LogP contribution in [-0.2, 0) is 10.7 Å². The number of rotatable bonds is 3. The minimum atomic E-state index is -0.821. The van der Waals surface area contributed by atoms with E-state index in [4.69, 9.17) is 11.6 Å². The molecule has 0 radical (unpaired) electrons. The summed E-state index contributed by atoms with van der Waals surface area (Å²) in [5.41, 5.74) is 0.555. The zero-order chi connectivity index (χ0) is 14.0. The van der Waals surface area contributed by atoms with Crippen molar-refractivity contribution < 1.29 is 13.6 Å². The highest BCUT2D eigenvalue weighted by Crippen LogP contribution is 2.31. The predicted molar refractivity (Wildman–Crippen MR) is 70.8 cm³/mol. The third-order valence-corrected chi connectivity index (χ3v) is 3.48. The lowest BCUT2D eigenvalue weighted by Gasteiger charge is -2.18. The van der Waals surface area contributed by atoms with E-state index in [9.17, 15) is 13.6 Å². The van der Waals surface area contributed by atoms with Crippen molar-refractivity contribution in [1.29, 1.82) is 0 Å². The van der Waals surface area contributed by atoms with Crippen LogP contribution >= 0.6 is 22.9 Å². The second-order valence-corrected chi connectivity index (χ2v) is 4.81. The van der Waals surface area contributed by atoms with E-state index < -0.39 is 17.5 Å². The van der Waals surface area contributed by atoms with Gasteiger partial charge in [0.1, 0.15) is 11.6 Å². The van der Waals surface area contributed by atoms with Crippen LogP contribution in [0.15, 0.2) is 23.6 Å². The number of alkyl halides is 1. The summed E-state index contributed by atoms with van der Waals surface area (Å²) in [5.74, 6) is -1.74. The Morgan fingerprint density at radius 2 is 2.21 bits per heavy atom. The Bertz CT molecular complexity index is 618. The molecule has 0 spiro atoms. The molecule has 2 aromatic rings. The van der Waals surface area contributed by atoms with Crippen LogP contribution < -0.4 is 4.90 Å². The van der Waals surface area contributed by atoms with Gasteiger partial charge in [0.05, 0.1) is 17.3 Å². The Morgan fingerprint density at radius 3 is 2.74 bits per heavy atom. The molecule has 0 atom stereocenters. The van der Waals surface area contributed by atoms with Gasteiger partial charge in [-0.05, 0) is 12.1 Å². The SMILES string of the molecule is CC(=O)N(c1nc(CCl)cs1)c1ccc(F)cc1F. The van der Waals surface area contributed by atoms with Crippen molar-refractivity contribution in [3.8, 4) is 0 Å². The first-order chi connectivity index (χ1) is 9.02. The van der Waals surface area contributed by atoms with Crippen molar-refractivity contribution in [2.24, 2.45) is 0 Å². The molecule has 1 aromatic heterocycles. The Morgan fingerprint density at radius 1 is 1.47 bits per heavy atom. The number of hydrogen-bond acceptors (Lipinski definition) is 3. The Hall–Kier alpha value is -1.53. The normalized spacial score (nSPS) is 10.5. The molecule has 0 N–H and O–H groups in total. The highest BCUT2D eigenvalue weighted by molar-refractivity contribution is 7.14. The van der Waals surface area contributed by atoms with Crippen LogP contribution in [-0.4, -0.2) is 10.9 Å². The zero-order valence-corrected chi connectivity index (χ0v) is 11.4. The van der Waals surface area contributed by atoms with Gasteiger partial charge >= 0.3 is 0 Å². The number of hydrogen-bond donors (Lipinski definition) is 0. The van der Waals surface area contributed by atoms with Gasteiger partial charge in [0, 0.05) is 18.4 Å². The van der Waals surface area contributed by atoms with Crippen LogP contribution in [0.1, 0.15) is 12.6 Å². The summed E-state index contributed by atoms with van der Waals surface area (Å²) in [6.45, 7) is 1.28. The fourth-order valence-corrected chi connectivity index (χ4v) is 2.64. The predicted octanol–water partition coefficient (Wildman–Crippen LogP) is 3.84. The maximum atomic E-state index is 13.8. The number of thiazole rings is 1. The van der Waals surface area contributed by atoms with Crippen molar-refractivity contribution >= 4 is 39.7 Å². The molecule has 7 heteroatoms. The monoisotopic (exact) mass is 302 g/mol. The highest BCUT2D eigenvalue weighted by Gasteiger charge is 2.21. The summed E-state index contributed by atoms with van der Waals surface area (Å²) < 4.78 is 26.7. The van der Waals surface area contributed by atoms with Gasteiger partial charge in [-0.25, -0.2) is 13.8 Å². The van der Waals surface area contributed by atoms with Crippen molar-refractivity contribution in [2.75, 3.05) is 4.90 Å². The average Bonchev–Trinajstić information content (AvgIpc) is 2.80. The molecule has 0 aliphatic carbocycles. The summed E-state index contributed by atoms with van der Waals surface area (Å²) in [7, 11) is 0. The first kappa shape index (κ1) is 13.9. The zero-order valence-electron chi connectivity index (χ0n) is 9.86. The Balaban J connectivity index is 2.48. The second kappa shape index (κ2) is 5.63. The van der Waals surface area contributed by atoms with Gasteiger partial charge in [0.15, 0.2) is 5.13 Å². The van der Waals surface area contributed by atoms with Crippen LogP contribution in [0.25, 0.3) is 0 Å². The molecule has 0 aliphatic heterocycles. The van der Waals surface area contributed by atoms with E-state index in [1.807, 2.05) is 0 Å². The number of benzene rings is 1. The van der Waals surface area contributed by atoms with E-state index in [1.54, 1.807) is 5.38 Å². The number of carbonyl (C=O) groups is 1. The van der Waals surface area contributed by atoms with Gasteiger partial charge in [-0.1, -0.05) is 0 Å². The molecule has 3 nitrogen and oxygen atoms in total. The molecule has 1 heterocycles. The highest BCUT2D eigenvalue weighted by atomic mass is 35.5. The molecule has 0 aliphatic rings. The smallest absolute Gasteiger partial charge is 0.230 e. The molecule has 0 saturated carbocycles. The molecule has 0 bridgehead atoms. The first-order valence-electron chi connectivity index (χ1n) is 5.29. The van der Waals surface area contributed by atoms with Crippen LogP contribution in [0, 0.1) is 11.6 Å². The molecule has 0 unspecified atom stereocenters. The minimum absolute atomic E-state index is 0.0376. The maximum absolute atomic E-state index is 13.8. The molecule has 0 saturated heterocycles. The van der Waals surface area contributed by atoms with E-state index in [-0.39, 0.29) is 11.6 Å². The van der Waals surface area contributed by atoms with Gasteiger partial charge in [-0.3, -0.25) is 9.69 Å². The van der Waals surface area contributed by atoms with Crippen LogP contribution in [0.2, 0.25) is 0 Å². The van der Waals surface area contributed by atoms with Gasteiger partial charge in [-0.2, -0.15) is 0 Å². The third-order valence-electron chi connectivity index (χ3n) is 2.33. The first-order valence-corrected chi connectivity index (χ1v) is 6.70. The molecule has 1 amide bonds. The van der Waals surface area contributed by atoms with Crippen molar-refractivity contribution in [3.63, 3.8) is 0 Å². The van der Waals surface area contributed by atoms with Gasteiger partial charge in [0.2, 0.25) is 5.91 Å². The fraction of sp³-hybridized carbons (Fsp3) is 0.167. The topological polar surface area (TPSA) is 33.2 Å². The van der Waals surface area contributed by atoms with E-state index >= 15 is 0 Å². The molecule has 2 rings (SSSR count). The van der Waals surface area contributed by atoms with Gasteiger partial charge in [-0.15, -0.1) is 22.9 Å². The summed E-state index contributed by atoms with van der Waals surface area (Å²) >= 11 is 6.81. The van der Waals surface area contributed by atoms with Crippen molar-refractivity contribution in [1.82, 2.24) is 4.98 Å². The molecule has 19 heavy (non-hydrogen) atoms. The number of aromatic nitrogens is 1. The largest absolute Gasteiger partial charge is 0.274 e. The number of nitrogens with zero attached hydrogens (tertiary/aromatic N) is 2. The number of halogens is 3. The minimum Gasteiger partial charge on any atom is -0.274 e. The second-order valence-electron chi connectivity index (χ2n) is 3.71. The Labute approximate surface area is 117 Å². The molecular formula is C12H9ClF2N2OS. The maximum Gasteiger partial charge on any atom is 0.230 e. The van der Waals surface area contributed by atoms with E-state index in [0.29, 0.717) is 10.8 Å². The molecule has 1 aromatic carbocycles. The molecular weight excluding hydrogens is 294 g/mol. The lowest BCUT2D eigenvalue weighted by atomic mass is 10.2. The third kappa shape index (κ3) is 2.90. The number of amides is 1.